The summed E-state index contributed by atoms with van der Waals surface area (Å²) >= 11 is 0. The lowest BCUT2D eigenvalue weighted by Gasteiger charge is -2.19. The van der Waals surface area contributed by atoms with Crippen LogP contribution in [0.3, 0.4) is 0 Å². The molecule has 14 heteroatoms. The highest BCUT2D eigenvalue weighted by atomic mass is 31.2. The van der Waals surface area contributed by atoms with Crippen molar-refractivity contribution < 1.29 is 53.1 Å². The third-order valence-corrected chi connectivity index (χ3v) is 5.23. The summed E-state index contributed by atoms with van der Waals surface area (Å²) in [4.78, 5) is 40.6. The van der Waals surface area contributed by atoms with E-state index in [1.807, 2.05) is 30.3 Å². The Labute approximate surface area is 194 Å². The van der Waals surface area contributed by atoms with Crippen LogP contribution in [0.15, 0.2) is 54.9 Å². The minimum absolute atomic E-state index is 0.159. The monoisotopic (exact) mass is 499 g/mol. The first-order chi connectivity index (χ1) is 15.9. The Kier molecular flexibility index (Phi) is 9.79. The SMILES string of the molecule is NC(=O)c1ccc[n+]([C@@H]2O[C@H](COP(=O)([O-])O)[C@@H](O)[C@H]2O)c1.NC(Cc1ccccc1)C(=O)O. The van der Waals surface area contributed by atoms with Crippen LogP contribution in [0.25, 0.3) is 0 Å². The van der Waals surface area contributed by atoms with E-state index in [0.29, 0.717) is 6.42 Å². The maximum Gasteiger partial charge on any atom is 0.320 e. The fourth-order valence-electron chi connectivity index (χ4n) is 3.03. The Morgan fingerprint density at radius 1 is 1.18 bits per heavy atom. The molecule has 3 rings (SSSR count). The molecule has 2 unspecified atom stereocenters. The number of aliphatic hydroxyl groups excluding tert-OH is 2. The molecule has 13 nitrogen and oxygen atoms in total. The lowest BCUT2D eigenvalue weighted by molar-refractivity contribution is -0.765. The van der Waals surface area contributed by atoms with Crippen LogP contribution in [-0.4, -0.2) is 63.1 Å². The molecule has 34 heavy (non-hydrogen) atoms. The number of benzene rings is 1. The van der Waals surface area contributed by atoms with Crippen LogP contribution < -0.4 is 20.9 Å². The summed E-state index contributed by atoms with van der Waals surface area (Å²) < 4.78 is 21.3. The van der Waals surface area contributed by atoms with Crippen LogP contribution in [-0.2, 0) is 25.0 Å². The number of nitrogens with two attached hydrogens (primary N) is 2. The van der Waals surface area contributed by atoms with Crippen LogP contribution in [0.2, 0.25) is 0 Å². The number of carbonyl (C=O) groups excluding carboxylic acids is 1. The zero-order chi connectivity index (χ0) is 25.5. The third kappa shape index (κ3) is 8.24. The molecule has 8 N–H and O–H groups in total. The minimum atomic E-state index is -4.97. The molecule has 1 fully saturated rings. The molecule has 1 aromatic carbocycles. The molecule has 1 aliphatic rings. The van der Waals surface area contributed by atoms with Crippen molar-refractivity contribution >= 4 is 19.7 Å². The van der Waals surface area contributed by atoms with Gasteiger partial charge in [-0.05, 0) is 18.1 Å². The van der Waals surface area contributed by atoms with Gasteiger partial charge in [-0.2, -0.15) is 4.57 Å². The zero-order valence-corrected chi connectivity index (χ0v) is 18.7. The van der Waals surface area contributed by atoms with Gasteiger partial charge in [0.25, 0.3) is 20.0 Å². The molecule has 2 aromatic rings. The first-order valence-electron chi connectivity index (χ1n) is 9.92. The summed E-state index contributed by atoms with van der Waals surface area (Å²) in [6, 6.07) is 11.5. The Hall–Kier alpha value is -2.74. The topological polar surface area (TPSA) is 230 Å². The van der Waals surface area contributed by atoms with Crippen molar-refractivity contribution in [3.63, 3.8) is 0 Å². The van der Waals surface area contributed by atoms with Gasteiger partial charge in [-0.25, -0.2) is 0 Å². The molecule has 1 amide bonds. The maximum absolute atomic E-state index is 11.1. The average Bonchev–Trinajstić information content (AvgIpc) is 3.07. The van der Waals surface area contributed by atoms with E-state index in [0.717, 1.165) is 5.56 Å². The van der Waals surface area contributed by atoms with Crippen molar-refractivity contribution in [2.75, 3.05) is 6.61 Å². The molecule has 1 aromatic heterocycles. The number of rotatable bonds is 8. The van der Waals surface area contributed by atoms with Crippen molar-refractivity contribution in [1.82, 2.24) is 0 Å². The lowest BCUT2D eigenvalue weighted by Crippen LogP contribution is -2.46. The number of hydrogen-bond acceptors (Lipinski definition) is 9. The van der Waals surface area contributed by atoms with Crippen molar-refractivity contribution in [1.29, 1.82) is 0 Å². The number of pyridine rings is 1. The molecule has 1 saturated heterocycles. The normalized spacial score (nSPS) is 24.4. The molecule has 0 radical (unpaired) electrons. The summed E-state index contributed by atoms with van der Waals surface area (Å²) in [5, 5.41) is 28.3. The standard InChI is InChI=1S/C11H15N2O8P.C9H11NO2/c12-10(16)6-2-1-3-13(4-6)11-9(15)8(14)7(21-11)5-20-22(17,18)19;10-8(9(11)12)6-7-4-2-1-3-5-7/h1-4,7-9,11,14-15H,5H2,(H3-,12,16,17,18,19);1-5,8H,6,10H2,(H,11,12)/t7-,8-,9-,11-;/m1./s1. The van der Waals surface area contributed by atoms with Crippen LogP contribution in [0.5, 0.6) is 0 Å². The van der Waals surface area contributed by atoms with Gasteiger partial charge in [-0.3, -0.25) is 14.2 Å². The van der Waals surface area contributed by atoms with E-state index in [1.54, 1.807) is 0 Å². The molecule has 0 aliphatic carbocycles. The summed E-state index contributed by atoms with van der Waals surface area (Å²) in [6.45, 7) is -0.665. The van der Waals surface area contributed by atoms with Gasteiger partial charge < -0.3 is 45.8 Å². The summed E-state index contributed by atoms with van der Waals surface area (Å²) in [7, 11) is -4.97. The maximum atomic E-state index is 11.1. The Morgan fingerprint density at radius 2 is 1.82 bits per heavy atom. The Bertz CT molecular complexity index is 1020. The molecule has 2 heterocycles. The number of carboxylic acids is 1. The van der Waals surface area contributed by atoms with Crippen LogP contribution in [0.4, 0.5) is 0 Å². The van der Waals surface area contributed by atoms with Crippen LogP contribution in [0.1, 0.15) is 22.1 Å². The highest BCUT2D eigenvalue weighted by Gasteiger charge is 2.48. The van der Waals surface area contributed by atoms with Gasteiger partial charge >= 0.3 is 5.97 Å². The van der Waals surface area contributed by atoms with Gasteiger partial charge in [-0.15, -0.1) is 0 Å². The number of hydrogen-bond donors (Lipinski definition) is 6. The number of phosphoric acid groups is 1. The van der Waals surface area contributed by atoms with Crippen LogP contribution >= 0.6 is 7.82 Å². The van der Waals surface area contributed by atoms with E-state index in [4.69, 9.17) is 26.2 Å². The molecule has 1 aliphatic heterocycles. The summed E-state index contributed by atoms with van der Waals surface area (Å²) in [5.74, 6) is -1.64. The minimum Gasteiger partial charge on any atom is -0.756 e. The summed E-state index contributed by atoms with van der Waals surface area (Å²) in [5.41, 5.74) is 11.6. The number of ether oxygens (including phenoxy) is 1. The van der Waals surface area contributed by atoms with E-state index in [1.165, 1.54) is 29.1 Å². The van der Waals surface area contributed by atoms with Gasteiger partial charge in [0.2, 0.25) is 0 Å². The largest absolute Gasteiger partial charge is 0.756 e. The first kappa shape index (κ1) is 27.5. The Balaban J connectivity index is 0.000000287. The third-order valence-electron chi connectivity index (χ3n) is 4.76. The Morgan fingerprint density at radius 3 is 2.38 bits per heavy atom. The predicted molar refractivity (Wildman–Crippen MR) is 113 cm³/mol. The molecular formula is C20H26N3O10P. The number of amides is 1. The van der Waals surface area contributed by atoms with Crippen molar-refractivity contribution in [3.05, 3.63) is 66.0 Å². The number of phosphoric ester groups is 1. The fourth-order valence-corrected chi connectivity index (χ4v) is 3.37. The van der Waals surface area contributed by atoms with Crippen molar-refractivity contribution in [3.8, 4) is 0 Å². The van der Waals surface area contributed by atoms with E-state index in [9.17, 15) is 29.3 Å². The molecule has 186 valence electrons. The fraction of sp³-hybridized carbons (Fsp3) is 0.350. The van der Waals surface area contributed by atoms with Crippen molar-refractivity contribution in [2.45, 2.75) is 37.0 Å². The number of aliphatic hydroxyl groups is 2. The quantitative estimate of drug-likeness (QED) is 0.169. The molecule has 6 atom stereocenters. The smallest absolute Gasteiger partial charge is 0.320 e. The van der Waals surface area contributed by atoms with E-state index < -0.39 is 56.9 Å². The average molecular weight is 499 g/mol. The second-order valence-electron chi connectivity index (χ2n) is 7.35. The van der Waals surface area contributed by atoms with Gasteiger partial charge in [0.1, 0.15) is 23.8 Å². The van der Waals surface area contributed by atoms with E-state index >= 15 is 0 Å². The molecule has 0 spiro atoms. The molecular weight excluding hydrogens is 473 g/mol. The van der Waals surface area contributed by atoms with E-state index in [-0.39, 0.29) is 5.56 Å². The van der Waals surface area contributed by atoms with Gasteiger partial charge in [-0.1, -0.05) is 30.3 Å². The van der Waals surface area contributed by atoms with Crippen molar-refractivity contribution in [2.24, 2.45) is 11.5 Å². The molecule has 0 saturated carbocycles. The first-order valence-corrected chi connectivity index (χ1v) is 11.4. The second kappa shape index (κ2) is 12.1. The number of carboxylic acid groups (broad SMARTS) is 1. The number of primary amides is 1. The number of aliphatic carboxylic acids is 1. The number of carbonyl (C=O) groups is 2. The number of aromatic nitrogens is 1. The second-order valence-corrected chi connectivity index (χ2v) is 8.54. The van der Waals surface area contributed by atoms with Gasteiger partial charge in [0.05, 0.1) is 6.61 Å². The molecule has 0 bridgehead atoms. The van der Waals surface area contributed by atoms with Gasteiger partial charge in [0, 0.05) is 6.07 Å². The highest BCUT2D eigenvalue weighted by molar-refractivity contribution is 7.44. The zero-order valence-electron chi connectivity index (χ0n) is 17.8. The van der Waals surface area contributed by atoms with E-state index in [2.05, 4.69) is 4.52 Å². The predicted octanol–water partition coefficient (Wildman–Crippen LogP) is -2.19. The van der Waals surface area contributed by atoms with Crippen LogP contribution in [0, 0.1) is 0 Å². The lowest BCUT2D eigenvalue weighted by atomic mass is 10.1. The highest BCUT2D eigenvalue weighted by Crippen LogP contribution is 2.33. The number of nitrogens with zero attached hydrogens (tertiary/aromatic N) is 1. The summed E-state index contributed by atoms with van der Waals surface area (Å²) in [6.07, 6.45) is -1.92. The van der Waals surface area contributed by atoms with Gasteiger partial charge in [0.15, 0.2) is 18.5 Å².